The van der Waals surface area contributed by atoms with Gasteiger partial charge in [-0.1, -0.05) is 42.5 Å². The number of hydrogen-bond acceptors (Lipinski definition) is 8. The average Bonchev–Trinajstić information content (AvgIpc) is 3.46. The van der Waals surface area contributed by atoms with E-state index in [4.69, 9.17) is 5.73 Å². The Hall–Kier alpha value is -4.36. The molecule has 3 amide bonds. The number of aromatic hydroxyl groups is 1. The van der Waals surface area contributed by atoms with Crippen molar-refractivity contribution in [3.8, 4) is 5.75 Å². The van der Waals surface area contributed by atoms with E-state index < -0.39 is 47.9 Å². The molecule has 3 aromatic rings. The number of carbonyl (C=O) groups excluding carboxylic acids is 3. The van der Waals surface area contributed by atoms with Crippen LogP contribution in [0.3, 0.4) is 0 Å². The summed E-state index contributed by atoms with van der Waals surface area (Å²) in [5, 5.41) is 27.1. The number of carbonyl (C=O) groups is 4. The molecular formula is C27H32N6O6S. The smallest absolute Gasteiger partial charge is 0.326 e. The number of benzene rings is 2. The zero-order chi connectivity index (χ0) is 29.1. The number of carboxylic acids is 1. The first-order valence-corrected chi connectivity index (χ1v) is 13.1. The molecule has 4 atom stereocenters. The molecule has 0 radical (unpaired) electrons. The van der Waals surface area contributed by atoms with Crippen molar-refractivity contribution in [2.75, 3.05) is 5.75 Å². The number of aromatic nitrogens is 2. The van der Waals surface area contributed by atoms with E-state index in [1.165, 1.54) is 24.7 Å². The summed E-state index contributed by atoms with van der Waals surface area (Å²) < 4.78 is 0. The maximum absolute atomic E-state index is 13.4. The van der Waals surface area contributed by atoms with Gasteiger partial charge < -0.3 is 36.9 Å². The molecule has 40 heavy (non-hydrogen) atoms. The SMILES string of the molecule is NC(CS)C(=O)NC(Cc1cnc[nH]1)C(=O)NC(Cc1ccc(O)cc1)C(=O)NC(Cc1ccccc1)C(=O)O. The molecule has 0 bridgehead atoms. The van der Waals surface area contributed by atoms with Crippen molar-refractivity contribution in [3.05, 3.63) is 83.9 Å². The number of aliphatic carboxylic acids is 1. The molecule has 13 heteroatoms. The molecule has 0 saturated heterocycles. The van der Waals surface area contributed by atoms with Gasteiger partial charge in [0.25, 0.3) is 0 Å². The van der Waals surface area contributed by atoms with E-state index in [1.807, 2.05) is 0 Å². The Morgan fingerprint density at radius 2 is 1.38 bits per heavy atom. The Kier molecular flexibility index (Phi) is 11.1. The minimum absolute atomic E-state index is 0.0175. The van der Waals surface area contributed by atoms with Gasteiger partial charge in [-0.05, 0) is 23.3 Å². The molecule has 8 N–H and O–H groups in total. The summed E-state index contributed by atoms with van der Waals surface area (Å²) in [6.07, 6.45) is 2.95. The van der Waals surface area contributed by atoms with Crippen LogP contribution in [0.15, 0.2) is 67.1 Å². The third kappa shape index (κ3) is 9.13. The van der Waals surface area contributed by atoms with Crippen molar-refractivity contribution >= 4 is 36.3 Å². The summed E-state index contributed by atoms with van der Waals surface area (Å²) in [5.41, 5.74) is 7.62. The van der Waals surface area contributed by atoms with Crippen molar-refractivity contribution < 1.29 is 29.4 Å². The molecule has 1 aromatic heterocycles. The summed E-state index contributed by atoms with van der Waals surface area (Å²) in [6, 6.07) is 10.3. The second-order valence-corrected chi connectivity index (χ2v) is 9.52. The lowest BCUT2D eigenvalue weighted by atomic mass is 10.0. The topological polar surface area (TPSA) is 200 Å². The number of phenolic OH excluding ortho intramolecular Hbond substituents is 1. The Labute approximate surface area is 236 Å². The Bertz CT molecular complexity index is 1270. The van der Waals surface area contributed by atoms with Gasteiger partial charge in [0.15, 0.2) is 0 Å². The van der Waals surface area contributed by atoms with Gasteiger partial charge >= 0.3 is 5.97 Å². The van der Waals surface area contributed by atoms with Crippen molar-refractivity contribution in [2.24, 2.45) is 5.73 Å². The fourth-order valence-electron chi connectivity index (χ4n) is 3.86. The lowest BCUT2D eigenvalue weighted by Gasteiger charge is -2.25. The number of amides is 3. The molecule has 0 aliphatic rings. The molecule has 2 aromatic carbocycles. The van der Waals surface area contributed by atoms with Gasteiger partial charge in [-0.3, -0.25) is 14.4 Å². The van der Waals surface area contributed by atoms with Crippen LogP contribution in [-0.2, 0) is 38.4 Å². The first-order chi connectivity index (χ1) is 19.2. The third-order valence-corrected chi connectivity index (χ3v) is 6.45. The molecule has 0 aliphatic heterocycles. The number of phenols is 1. The number of nitrogens with two attached hydrogens (primary N) is 1. The minimum atomic E-state index is -1.26. The summed E-state index contributed by atoms with van der Waals surface area (Å²) in [6.45, 7) is 0. The van der Waals surface area contributed by atoms with Crippen LogP contribution in [0.4, 0.5) is 0 Å². The van der Waals surface area contributed by atoms with E-state index in [9.17, 15) is 29.4 Å². The highest BCUT2D eigenvalue weighted by Crippen LogP contribution is 2.13. The number of thiol groups is 1. The minimum Gasteiger partial charge on any atom is -0.508 e. The zero-order valence-corrected chi connectivity index (χ0v) is 22.4. The summed E-state index contributed by atoms with van der Waals surface area (Å²) >= 11 is 4.03. The molecule has 212 valence electrons. The summed E-state index contributed by atoms with van der Waals surface area (Å²) in [7, 11) is 0. The van der Waals surface area contributed by atoms with Gasteiger partial charge in [-0.2, -0.15) is 12.6 Å². The molecule has 3 rings (SSSR count). The van der Waals surface area contributed by atoms with E-state index in [0.29, 0.717) is 16.8 Å². The van der Waals surface area contributed by atoms with E-state index in [2.05, 4.69) is 38.5 Å². The lowest BCUT2D eigenvalue weighted by Crippen LogP contribution is -2.58. The van der Waals surface area contributed by atoms with Crippen LogP contribution >= 0.6 is 12.6 Å². The molecule has 0 spiro atoms. The molecular weight excluding hydrogens is 536 g/mol. The van der Waals surface area contributed by atoms with Gasteiger partial charge in [0.2, 0.25) is 17.7 Å². The number of H-pyrrole nitrogens is 1. The first kappa shape index (κ1) is 30.2. The van der Waals surface area contributed by atoms with Crippen LogP contribution in [0, 0.1) is 0 Å². The highest BCUT2D eigenvalue weighted by molar-refractivity contribution is 7.80. The molecule has 0 saturated carbocycles. The van der Waals surface area contributed by atoms with E-state index in [-0.39, 0.29) is 30.8 Å². The molecule has 0 fully saturated rings. The quantitative estimate of drug-likeness (QED) is 0.124. The monoisotopic (exact) mass is 568 g/mol. The van der Waals surface area contributed by atoms with Crippen LogP contribution < -0.4 is 21.7 Å². The first-order valence-electron chi connectivity index (χ1n) is 12.5. The standard InChI is InChI=1S/C27H32N6O6S/c28-20(14-40)24(35)31-22(12-18-13-29-15-30-18)26(37)32-21(10-17-6-8-19(34)9-7-17)25(36)33-23(27(38)39)11-16-4-2-1-3-5-16/h1-9,13,15,20-23,34,40H,10-12,14,28H2,(H,29,30)(H,31,35)(H,32,37)(H,33,36)(H,38,39). The number of carboxylic acid groups (broad SMARTS) is 1. The number of nitrogens with zero attached hydrogens (tertiary/aromatic N) is 1. The van der Waals surface area contributed by atoms with E-state index >= 15 is 0 Å². The van der Waals surface area contributed by atoms with Crippen LogP contribution in [0.5, 0.6) is 5.75 Å². The average molecular weight is 569 g/mol. The van der Waals surface area contributed by atoms with Crippen molar-refractivity contribution in [3.63, 3.8) is 0 Å². The van der Waals surface area contributed by atoms with Gasteiger partial charge in [-0.25, -0.2) is 9.78 Å². The van der Waals surface area contributed by atoms with Crippen molar-refractivity contribution in [1.29, 1.82) is 0 Å². The number of imidazole rings is 1. The maximum atomic E-state index is 13.4. The highest BCUT2D eigenvalue weighted by Gasteiger charge is 2.31. The Balaban J connectivity index is 1.83. The normalized spacial score (nSPS) is 13.8. The number of aromatic amines is 1. The third-order valence-electron chi connectivity index (χ3n) is 6.05. The largest absolute Gasteiger partial charge is 0.508 e. The molecule has 0 aliphatic carbocycles. The van der Waals surface area contributed by atoms with Crippen LogP contribution in [0.2, 0.25) is 0 Å². The maximum Gasteiger partial charge on any atom is 0.326 e. The Morgan fingerprint density at radius 3 is 1.95 bits per heavy atom. The second-order valence-electron chi connectivity index (χ2n) is 9.15. The number of nitrogens with one attached hydrogen (secondary N) is 4. The number of hydrogen-bond donors (Lipinski definition) is 8. The number of rotatable bonds is 14. The van der Waals surface area contributed by atoms with Crippen molar-refractivity contribution in [1.82, 2.24) is 25.9 Å². The molecule has 4 unspecified atom stereocenters. The van der Waals surface area contributed by atoms with Gasteiger partial charge in [0.1, 0.15) is 23.9 Å². The second kappa shape index (κ2) is 14.7. The van der Waals surface area contributed by atoms with Gasteiger partial charge in [-0.15, -0.1) is 0 Å². The van der Waals surface area contributed by atoms with E-state index in [0.717, 1.165) is 0 Å². The fraction of sp³-hybridized carbons (Fsp3) is 0.296. The predicted molar refractivity (Wildman–Crippen MR) is 150 cm³/mol. The zero-order valence-electron chi connectivity index (χ0n) is 21.5. The van der Waals surface area contributed by atoms with Crippen molar-refractivity contribution in [2.45, 2.75) is 43.4 Å². The van der Waals surface area contributed by atoms with E-state index in [1.54, 1.807) is 42.5 Å². The van der Waals surface area contributed by atoms with Gasteiger partial charge in [0, 0.05) is 36.9 Å². The summed E-state index contributed by atoms with van der Waals surface area (Å²) in [4.78, 5) is 58.1. The van der Waals surface area contributed by atoms with Crippen LogP contribution in [-0.4, -0.2) is 73.8 Å². The highest BCUT2D eigenvalue weighted by atomic mass is 32.1. The molecule has 12 nitrogen and oxygen atoms in total. The predicted octanol–water partition coefficient (Wildman–Crippen LogP) is -0.0607. The molecule has 1 heterocycles. The lowest BCUT2D eigenvalue weighted by molar-refractivity contribution is -0.142. The van der Waals surface area contributed by atoms with Crippen LogP contribution in [0.1, 0.15) is 16.8 Å². The summed E-state index contributed by atoms with van der Waals surface area (Å²) in [5.74, 6) is -3.20. The van der Waals surface area contributed by atoms with Crippen LogP contribution in [0.25, 0.3) is 0 Å². The fourth-order valence-corrected chi connectivity index (χ4v) is 4.02. The van der Waals surface area contributed by atoms with Gasteiger partial charge in [0.05, 0.1) is 12.4 Å². The Morgan fingerprint density at radius 1 is 0.825 bits per heavy atom.